The number of benzene rings is 2. The van der Waals surface area contributed by atoms with E-state index in [0.29, 0.717) is 24.1 Å². The number of aromatic nitrogens is 3. The Morgan fingerprint density at radius 2 is 1.97 bits per heavy atom. The second kappa shape index (κ2) is 8.96. The summed E-state index contributed by atoms with van der Waals surface area (Å²) in [6.45, 7) is 3.92. The molecule has 0 N–H and O–H groups in total. The number of fused-ring (bicyclic) bond motifs is 4. The summed E-state index contributed by atoms with van der Waals surface area (Å²) in [6.07, 6.45) is 1.92. The molecular weight excluding hydrogens is 464 g/mol. The minimum Gasteiger partial charge on any atom is -0.497 e. The Morgan fingerprint density at radius 1 is 1.11 bits per heavy atom. The average molecular weight is 491 g/mol. The van der Waals surface area contributed by atoms with Crippen LogP contribution in [0.15, 0.2) is 47.6 Å². The van der Waals surface area contributed by atoms with E-state index >= 15 is 0 Å². The second-order valence-corrected chi connectivity index (χ2v) is 9.77. The Kier molecular flexibility index (Phi) is 5.64. The first-order valence-electron chi connectivity index (χ1n) is 11.8. The lowest BCUT2D eigenvalue weighted by atomic mass is 10.0. The van der Waals surface area contributed by atoms with E-state index in [-0.39, 0.29) is 11.9 Å². The summed E-state index contributed by atoms with van der Waals surface area (Å²) < 4.78 is 18.9. The Morgan fingerprint density at radius 3 is 2.83 bits per heavy atom. The number of carbonyl (C=O) groups is 1. The number of hydrogen-bond acceptors (Lipinski definition) is 7. The van der Waals surface area contributed by atoms with Crippen molar-refractivity contribution in [2.24, 2.45) is 0 Å². The van der Waals surface area contributed by atoms with Crippen LogP contribution in [-0.4, -0.2) is 58.0 Å². The van der Waals surface area contributed by atoms with Gasteiger partial charge in [-0.1, -0.05) is 17.8 Å². The normalized spacial score (nSPS) is 17.3. The number of amides is 1. The van der Waals surface area contributed by atoms with Crippen molar-refractivity contribution in [2.45, 2.75) is 31.0 Å². The largest absolute Gasteiger partial charge is 0.497 e. The lowest BCUT2D eigenvalue weighted by molar-refractivity contribution is -0.129. The third-order valence-electron chi connectivity index (χ3n) is 6.72. The fourth-order valence-electron chi connectivity index (χ4n) is 5.01. The van der Waals surface area contributed by atoms with Crippen LogP contribution in [-0.2, 0) is 4.79 Å². The fourth-order valence-corrected chi connectivity index (χ4v) is 5.85. The van der Waals surface area contributed by atoms with Crippen molar-refractivity contribution in [1.29, 1.82) is 0 Å². The van der Waals surface area contributed by atoms with Gasteiger partial charge in [-0.3, -0.25) is 9.20 Å². The van der Waals surface area contributed by atoms with Gasteiger partial charge in [-0.15, -0.1) is 10.2 Å². The quantitative estimate of drug-likeness (QED) is 0.383. The maximum absolute atomic E-state index is 13.3. The van der Waals surface area contributed by atoms with E-state index in [1.807, 2.05) is 51.8 Å². The second-order valence-electron chi connectivity index (χ2n) is 8.82. The standard InChI is InChI=1S/C26H26N4O4S/c1-16-12-24-27-28-26(30(24)21-14-18(32-2)6-7-19(16)21)35-15-25(31)29-9-3-4-20(29)17-5-8-22-23(13-17)34-11-10-33-22/h5-8,12-14,20H,3-4,9-11,15H2,1-2H3/t20-/m1/s1. The van der Waals surface area contributed by atoms with Crippen LogP contribution in [0, 0.1) is 6.92 Å². The van der Waals surface area contributed by atoms with Crippen LogP contribution in [0.3, 0.4) is 0 Å². The minimum atomic E-state index is 0.0433. The number of aryl methyl sites for hydroxylation is 1. The van der Waals surface area contributed by atoms with Gasteiger partial charge in [0, 0.05) is 18.0 Å². The molecule has 35 heavy (non-hydrogen) atoms. The zero-order chi connectivity index (χ0) is 23.9. The lowest BCUT2D eigenvalue weighted by Crippen LogP contribution is -2.32. The van der Waals surface area contributed by atoms with E-state index in [1.165, 1.54) is 11.8 Å². The summed E-state index contributed by atoms with van der Waals surface area (Å²) in [7, 11) is 1.66. The molecule has 1 fully saturated rings. The molecule has 0 aliphatic carbocycles. The van der Waals surface area contributed by atoms with Crippen LogP contribution in [0.1, 0.15) is 30.0 Å². The molecule has 0 unspecified atom stereocenters. The first-order chi connectivity index (χ1) is 17.1. The maximum Gasteiger partial charge on any atom is 0.233 e. The molecular formula is C26H26N4O4S. The van der Waals surface area contributed by atoms with Crippen LogP contribution in [0.5, 0.6) is 17.2 Å². The highest BCUT2D eigenvalue weighted by atomic mass is 32.2. The van der Waals surface area contributed by atoms with Crippen LogP contribution >= 0.6 is 11.8 Å². The van der Waals surface area contributed by atoms with E-state index < -0.39 is 0 Å². The maximum atomic E-state index is 13.3. The van der Waals surface area contributed by atoms with Crippen molar-refractivity contribution in [3.8, 4) is 17.2 Å². The first-order valence-corrected chi connectivity index (χ1v) is 12.8. The first kappa shape index (κ1) is 22.0. The molecule has 4 heterocycles. The highest BCUT2D eigenvalue weighted by Crippen LogP contribution is 2.38. The number of rotatable bonds is 5. The van der Waals surface area contributed by atoms with Crippen molar-refractivity contribution < 1.29 is 19.0 Å². The molecule has 1 atom stereocenters. The zero-order valence-corrected chi connectivity index (χ0v) is 20.5. The minimum absolute atomic E-state index is 0.0433. The molecule has 0 radical (unpaired) electrons. The van der Waals surface area contributed by atoms with Gasteiger partial charge in [0.15, 0.2) is 22.3 Å². The van der Waals surface area contributed by atoms with Gasteiger partial charge in [-0.25, -0.2) is 0 Å². The number of likely N-dealkylation sites (tertiary alicyclic amines) is 1. The number of nitrogens with zero attached hydrogens (tertiary/aromatic N) is 4. The molecule has 2 aliphatic heterocycles. The number of pyridine rings is 1. The van der Waals surface area contributed by atoms with E-state index in [2.05, 4.69) is 17.1 Å². The Bertz CT molecular complexity index is 1440. The van der Waals surface area contributed by atoms with Crippen LogP contribution in [0.25, 0.3) is 16.6 Å². The number of carbonyl (C=O) groups excluding carboxylic acids is 1. The van der Waals surface area contributed by atoms with Gasteiger partial charge in [0.1, 0.15) is 19.0 Å². The average Bonchev–Trinajstić information content (AvgIpc) is 3.54. The SMILES string of the molecule is COc1ccc2c(C)cc3nnc(SCC(=O)N4CCC[C@@H]4c4ccc5c(c4)OCCO5)n3c2c1. The van der Waals surface area contributed by atoms with Crippen molar-refractivity contribution in [2.75, 3.05) is 32.6 Å². The van der Waals surface area contributed by atoms with Crippen molar-refractivity contribution in [3.05, 3.63) is 53.6 Å². The van der Waals surface area contributed by atoms with E-state index in [4.69, 9.17) is 14.2 Å². The number of ether oxygens (including phenoxy) is 3. The third-order valence-corrected chi connectivity index (χ3v) is 7.64. The molecule has 9 heteroatoms. The monoisotopic (exact) mass is 490 g/mol. The molecule has 1 saturated heterocycles. The predicted molar refractivity (Wildman–Crippen MR) is 134 cm³/mol. The van der Waals surface area contributed by atoms with E-state index in [9.17, 15) is 4.79 Å². The highest BCUT2D eigenvalue weighted by Gasteiger charge is 2.31. The summed E-state index contributed by atoms with van der Waals surface area (Å²) >= 11 is 1.42. The zero-order valence-electron chi connectivity index (χ0n) is 19.7. The summed E-state index contributed by atoms with van der Waals surface area (Å²) in [6, 6.07) is 14.1. The van der Waals surface area contributed by atoms with Crippen molar-refractivity contribution in [3.63, 3.8) is 0 Å². The summed E-state index contributed by atoms with van der Waals surface area (Å²) in [5.74, 6) is 2.68. The molecule has 1 amide bonds. The van der Waals surface area contributed by atoms with Gasteiger partial charge in [0.25, 0.3) is 0 Å². The molecule has 0 saturated carbocycles. The molecule has 2 aromatic heterocycles. The van der Waals surface area contributed by atoms with Crippen LogP contribution in [0.4, 0.5) is 0 Å². The molecule has 4 aromatic rings. The van der Waals surface area contributed by atoms with E-state index in [1.54, 1.807) is 7.11 Å². The molecule has 6 rings (SSSR count). The number of methoxy groups -OCH3 is 1. The van der Waals surface area contributed by atoms with Gasteiger partial charge in [-0.05, 0) is 61.2 Å². The Balaban J connectivity index is 1.24. The Labute approximate surface area is 207 Å². The van der Waals surface area contributed by atoms with Crippen molar-refractivity contribution in [1.82, 2.24) is 19.5 Å². The summed E-state index contributed by atoms with van der Waals surface area (Å²) in [4.78, 5) is 15.3. The number of thioether (sulfide) groups is 1. The van der Waals surface area contributed by atoms with Gasteiger partial charge in [0.2, 0.25) is 5.91 Å². The highest BCUT2D eigenvalue weighted by molar-refractivity contribution is 7.99. The molecule has 2 aliphatic rings. The molecule has 0 bridgehead atoms. The third kappa shape index (κ3) is 3.93. The molecule has 8 nitrogen and oxygen atoms in total. The lowest BCUT2D eigenvalue weighted by Gasteiger charge is -2.26. The molecule has 180 valence electrons. The van der Waals surface area contributed by atoms with E-state index in [0.717, 1.165) is 64.3 Å². The topological polar surface area (TPSA) is 78.2 Å². The van der Waals surface area contributed by atoms with Gasteiger partial charge < -0.3 is 19.1 Å². The smallest absolute Gasteiger partial charge is 0.233 e. The van der Waals surface area contributed by atoms with Gasteiger partial charge in [0.05, 0.1) is 24.4 Å². The van der Waals surface area contributed by atoms with Gasteiger partial charge in [-0.2, -0.15) is 0 Å². The van der Waals surface area contributed by atoms with Crippen molar-refractivity contribution >= 4 is 34.2 Å². The number of hydrogen-bond donors (Lipinski definition) is 0. The summed E-state index contributed by atoms with van der Waals surface area (Å²) in [5, 5.41) is 10.6. The predicted octanol–water partition coefficient (Wildman–Crippen LogP) is 4.43. The van der Waals surface area contributed by atoms with Crippen LogP contribution < -0.4 is 14.2 Å². The van der Waals surface area contributed by atoms with Crippen LogP contribution in [0.2, 0.25) is 0 Å². The molecule has 0 spiro atoms. The van der Waals surface area contributed by atoms with Gasteiger partial charge >= 0.3 is 0 Å². The fraction of sp³-hybridized carbons (Fsp3) is 0.346. The molecule has 2 aromatic carbocycles. The Hall–Kier alpha value is -3.46. The summed E-state index contributed by atoms with van der Waals surface area (Å²) in [5.41, 5.74) is 3.93.